The van der Waals surface area contributed by atoms with Crippen LogP contribution in [0, 0.1) is 0 Å². The number of thiophene rings is 1. The standard InChI is InChI=1S/C13H13NO4S2/c15-20(16,13-3-1-8-19-13)14-10-4-5-11-12(9-10)18-7-2-6-17-11/h1,3-5,8-9,14H,2,6-7H2. The lowest BCUT2D eigenvalue weighted by molar-refractivity contribution is 0.297. The zero-order chi connectivity index (χ0) is 14.0. The first-order valence-corrected chi connectivity index (χ1v) is 8.47. The number of sulfonamides is 1. The fourth-order valence-corrected chi connectivity index (χ4v) is 3.89. The molecular formula is C13H13NO4S2. The van der Waals surface area contributed by atoms with Gasteiger partial charge in [0.15, 0.2) is 11.5 Å². The summed E-state index contributed by atoms with van der Waals surface area (Å²) in [5, 5.41) is 1.72. The molecule has 0 spiro atoms. The molecule has 1 aromatic heterocycles. The van der Waals surface area contributed by atoms with Crippen molar-refractivity contribution in [3.05, 3.63) is 35.7 Å². The molecule has 0 radical (unpaired) electrons. The number of fused-ring (bicyclic) bond motifs is 1. The summed E-state index contributed by atoms with van der Waals surface area (Å²) in [6.07, 6.45) is 0.810. The molecule has 0 fully saturated rings. The average Bonchev–Trinajstić information content (AvgIpc) is 2.86. The van der Waals surface area contributed by atoms with Crippen LogP contribution in [0.15, 0.2) is 39.9 Å². The average molecular weight is 311 g/mol. The van der Waals surface area contributed by atoms with Gasteiger partial charge in [0, 0.05) is 12.5 Å². The highest BCUT2D eigenvalue weighted by molar-refractivity contribution is 7.94. The predicted octanol–water partition coefficient (Wildman–Crippen LogP) is 2.71. The first kappa shape index (κ1) is 13.3. The van der Waals surface area contributed by atoms with Crippen molar-refractivity contribution in [2.24, 2.45) is 0 Å². The van der Waals surface area contributed by atoms with Crippen LogP contribution in [0.3, 0.4) is 0 Å². The van der Waals surface area contributed by atoms with Crippen LogP contribution in [0.25, 0.3) is 0 Å². The number of hydrogen-bond acceptors (Lipinski definition) is 5. The second-order valence-electron chi connectivity index (χ2n) is 4.25. The van der Waals surface area contributed by atoms with E-state index in [9.17, 15) is 8.42 Å². The van der Waals surface area contributed by atoms with Crippen LogP contribution in [-0.2, 0) is 10.0 Å². The van der Waals surface area contributed by atoms with E-state index in [0.717, 1.165) is 6.42 Å². The van der Waals surface area contributed by atoms with Crippen LogP contribution >= 0.6 is 11.3 Å². The molecule has 0 bridgehead atoms. The molecule has 5 nitrogen and oxygen atoms in total. The van der Waals surface area contributed by atoms with Crippen molar-refractivity contribution < 1.29 is 17.9 Å². The molecule has 0 atom stereocenters. The number of hydrogen-bond donors (Lipinski definition) is 1. The molecule has 0 amide bonds. The van der Waals surface area contributed by atoms with Crippen molar-refractivity contribution in [2.45, 2.75) is 10.6 Å². The number of benzene rings is 1. The molecule has 0 saturated carbocycles. The maximum Gasteiger partial charge on any atom is 0.271 e. The summed E-state index contributed by atoms with van der Waals surface area (Å²) in [5.74, 6) is 1.20. The fraction of sp³-hybridized carbons (Fsp3) is 0.231. The summed E-state index contributed by atoms with van der Waals surface area (Å²) < 4.78 is 38.1. The number of rotatable bonds is 3. The summed E-state index contributed by atoms with van der Waals surface area (Å²) in [6, 6.07) is 8.29. The third-order valence-corrected chi connectivity index (χ3v) is 5.54. The van der Waals surface area contributed by atoms with Gasteiger partial charge in [-0.3, -0.25) is 4.72 Å². The van der Waals surface area contributed by atoms with Crippen molar-refractivity contribution >= 4 is 27.0 Å². The molecule has 20 heavy (non-hydrogen) atoms. The van der Waals surface area contributed by atoms with Gasteiger partial charge in [-0.1, -0.05) is 6.07 Å². The highest BCUT2D eigenvalue weighted by Crippen LogP contribution is 2.33. The second-order valence-corrected chi connectivity index (χ2v) is 7.11. The Hall–Kier alpha value is -1.73. The molecule has 2 aromatic rings. The van der Waals surface area contributed by atoms with E-state index in [1.165, 1.54) is 11.3 Å². The summed E-state index contributed by atoms with van der Waals surface area (Å²) in [4.78, 5) is 0. The molecule has 7 heteroatoms. The van der Waals surface area contributed by atoms with E-state index in [1.54, 1.807) is 35.7 Å². The SMILES string of the molecule is O=S(=O)(Nc1ccc2c(c1)OCCCO2)c1cccs1. The Morgan fingerprint density at radius 1 is 1.10 bits per heavy atom. The van der Waals surface area contributed by atoms with Crippen molar-refractivity contribution in [3.8, 4) is 11.5 Å². The minimum absolute atomic E-state index is 0.282. The molecule has 0 unspecified atom stereocenters. The zero-order valence-corrected chi connectivity index (χ0v) is 12.2. The minimum Gasteiger partial charge on any atom is -0.490 e. The van der Waals surface area contributed by atoms with E-state index in [2.05, 4.69) is 4.72 Å². The van der Waals surface area contributed by atoms with Gasteiger partial charge in [0.05, 0.1) is 18.9 Å². The lowest BCUT2D eigenvalue weighted by Crippen LogP contribution is -2.11. The van der Waals surface area contributed by atoms with E-state index in [1.807, 2.05) is 0 Å². The van der Waals surface area contributed by atoms with Gasteiger partial charge in [0.25, 0.3) is 10.0 Å². The van der Waals surface area contributed by atoms with Crippen LogP contribution in [0.5, 0.6) is 11.5 Å². The molecule has 1 N–H and O–H groups in total. The van der Waals surface area contributed by atoms with E-state index in [4.69, 9.17) is 9.47 Å². The van der Waals surface area contributed by atoms with Gasteiger partial charge in [0.1, 0.15) is 4.21 Å². The van der Waals surface area contributed by atoms with Gasteiger partial charge in [-0.2, -0.15) is 0 Å². The number of ether oxygens (including phenoxy) is 2. The first-order valence-electron chi connectivity index (χ1n) is 6.11. The van der Waals surface area contributed by atoms with Crippen molar-refractivity contribution in [2.75, 3.05) is 17.9 Å². The van der Waals surface area contributed by atoms with E-state index >= 15 is 0 Å². The maximum absolute atomic E-state index is 12.1. The molecule has 1 aliphatic heterocycles. The lowest BCUT2D eigenvalue weighted by atomic mass is 10.3. The fourth-order valence-electron chi connectivity index (χ4n) is 1.85. The normalized spacial score (nSPS) is 14.6. The highest BCUT2D eigenvalue weighted by Gasteiger charge is 2.17. The lowest BCUT2D eigenvalue weighted by Gasteiger charge is -2.10. The Bertz CT molecular complexity index is 695. The largest absolute Gasteiger partial charge is 0.490 e. The molecule has 0 saturated heterocycles. The summed E-state index contributed by atoms with van der Waals surface area (Å²) in [6.45, 7) is 1.17. The quantitative estimate of drug-likeness (QED) is 0.946. The summed E-state index contributed by atoms with van der Waals surface area (Å²) in [7, 11) is -3.53. The first-order chi connectivity index (χ1) is 9.65. The van der Waals surface area contributed by atoms with E-state index in [-0.39, 0.29) is 4.21 Å². The highest BCUT2D eigenvalue weighted by atomic mass is 32.2. The minimum atomic E-state index is -3.53. The molecule has 1 aliphatic rings. The molecular weight excluding hydrogens is 298 g/mol. The number of nitrogens with one attached hydrogen (secondary N) is 1. The molecule has 3 rings (SSSR count). The predicted molar refractivity (Wildman–Crippen MR) is 77.2 cm³/mol. The van der Waals surface area contributed by atoms with Crippen LogP contribution in [0.1, 0.15) is 6.42 Å². The number of anilines is 1. The molecule has 2 heterocycles. The van der Waals surface area contributed by atoms with E-state index in [0.29, 0.717) is 30.4 Å². The van der Waals surface area contributed by atoms with Gasteiger partial charge >= 0.3 is 0 Å². The van der Waals surface area contributed by atoms with E-state index < -0.39 is 10.0 Å². The van der Waals surface area contributed by atoms with Crippen LogP contribution in [0.2, 0.25) is 0 Å². The Morgan fingerprint density at radius 3 is 2.65 bits per heavy atom. The maximum atomic E-state index is 12.1. The Kier molecular flexibility index (Phi) is 3.54. The van der Waals surface area contributed by atoms with Crippen LogP contribution in [-0.4, -0.2) is 21.6 Å². The second kappa shape index (κ2) is 5.34. The molecule has 1 aromatic carbocycles. The smallest absolute Gasteiger partial charge is 0.271 e. The monoisotopic (exact) mass is 311 g/mol. The molecule has 0 aliphatic carbocycles. The van der Waals surface area contributed by atoms with Crippen LogP contribution < -0.4 is 14.2 Å². The van der Waals surface area contributed by atoms with Gasteiger partial charge in [-0.25, -0.2) is 8.42 Å². The van der Waals surface area contributed by atoms with Crippen molar-refractivity contribution in [3.63, 3.8) is 0 Å². The zero-order valence-electron chi connectivity index (χ0n) is 10.5. The topological polar surface area (TPSA) is 64.6 Å². The summed E-state index contributed by atoms with van der Waals surface area (Å²) in [5.41, 5.74) is 0.461. The Balaban J connectivity index is 1.87. The van der Waals surface area contributed by atoms with Crippen LogP contribution in [0.4, 0.5) is 5.69 Å². The van der Waals surface area contributed by atoms with Gasteiger partial charge in [0.2, 0.25) is 0 Å². The molecule has 106 valence electrons. The Morgan fingerprint density at radius 2 is 1.90 bits per heavy atom. The third-order valence-electron chi connectivity index (χ3n) is 2.76. The van der Waals surface area contributed by atoms with Gasteiger partial charge in [-0.15, -0.1) is 11.3 Å². The van der Waals surface area contributed by atoms with Gasteiger partial charge in [-0.05, 0) is 23.6 Å². The summed E-state index contributed by atoms with van der Waals surface area (Å²) >= 11 is 1.17. The Labute approximate surface area is 121 Å². The van der Waals surface area contributed by atoms with Gasteiger partial charge < -0.3 is 9.47 Å². The third kappa shape index (κ3) is 2.73. The van der Waals surface area contributed by atoms with Crippen molar-refractivity contribution in [1.82, 2.24) is 0 Å². The van der Waals surface area contributed by atoms with Crippen molar-refractivity contribution in [1.29, 1.82) is 0 Å².